The molecule has 1 fully saturated rings. The Hall–Kier alpha value is -1.90. The number of unbranched alkanes of at least 4 members (excludes halogenated alkanes) is 1. The summed E-state index contributed by atoms with van der Waals surface area (Å²) in [7, 11) is 0. The van der Waals surface area contributed by atoms with Crippen LogP contribution in [0.5, 0.6) is 0 Å². The molecular weight excluding hydrogens is 300 g/mol. The van der Waals surface area contributed by atoms with Gasteiger partial charge in [-0.1, -0.05) is 36.4 Å². The molecule has 3 nitrogen and oxygen atoms in total. The molecule has 0 radical (unpaired) electrons. The van der Waals surface area contributed by atoms with E-state index in [4.69, 9.17) is 4.74 Å². The second-order valence-corrected chi connectivity index (χ2v) is 7.65. The largest absolute Gasteiger partial charge is 0.457 e. The zero-order valence-corrected chi connectivity index (χ0v) is 15.2. The van der Waals surface area contributed by atoms with Crippen molar-refractivity contribution in [3.8, 4) is 0 Å². The van der Waals surface area contributed by atoms with Crippen LogP contribution >= 0.6 is 0 Å². The van der Waals surface area contributed by atoms with Crippen molar-refractivity contribution in [1.82, 2.24) is 0 Å². The van der Waals surface area contributed by atoms with E-state index in [0.717, 1.165) is 31.2 Å². The molecule has 24 heavy (non-hydrogen) atoms. The van der Waals surface area contributed by atoms with Gasteiger partial charge in [0.2, 0.25) is 0 Å². The molecule has 0 amide bonds. The van der Waals surface area contributed by atoms with Crippen LogP contribution in [0.15, 0.2) is 42.0 Å². The van der Waals surface area contributed by atoms with Crippen LogP contribution < -0.4 is 0 Å². The number of hydrogen-bond acceptors (Lipinski definition) is 3. The average Bonchev–Trinajstić information content (AvgIpc) is 3.29. The van der Waals surface area contributed by atoms with Gasteiger partial charge in [-0.25, -0.2) is 4.79 Å². The van der Waals surface area contributed by atoms with Gasteiger partial charge in [-0.05, 0) is 59.3 Å². The van der Waals surface area contributed by atoms with Crippen LogP contribution in [0.2, 0.25) is 0 Å². The fraction of sp³-hybridized carbons (Fsp3) is 0.524. The van der Waals surface area contributed by atoms with E-state index in [0.29, 0.717) is 11.5 Å². The molecule has 0 spiro atoms. The second-order valence-electron chi connectivity index (χ2n) is 7.65. The van der Waals surface area contributed by atoms with Crippen molar-refractivity contribution in [3.05, 3.63) is 47.5 Å². The Morgan fingerprint density at radius 2 is 1.88 bits per heavy atom. The summed E-state index contributed by atoms with van der Waals surface area (Å²) in [6, 6.07) is 9.54. The van der Waals surface area contributed by atoms with Crippen LogP contribution in [0, 0.1) is 11.8 Å². The average molecular weight is 328 g/mol. The minimum absolute atomic E-state index is 0.198. The molecule has 0 saturated heterocycles. The third-order valence-corrected chi connectivity index (χ3v) is 4.27. The number of ether oxygens (including phenoxy) is 1. The summed E-state index contributed by atoms with van der Waals surface area (Å²) in [5, 5.41) is 0. The van der Waals surface area contributed by atoms with E-state index in [1.165, 1.54) is 0 Å². The molecule has 130 valence electrons. The van der Waals surface area contributed by atoms with E-state index in [2.05, 4.69) is 0 Å². The molecule has 1 aliphatic rings. The molecule has 1 aromatic rings. The number of benzene rings is 1. The first-order chi connectivity index (χ1) is 11.3. The van der Waals surface area contributed by atoms with Crippen molar-refractivity contribution in [2.24, 2.45) is 11.8 Å². The van der Waals surface area contributed by atoms with Gasteiger partial charge < -0.3 is 4.74 Å². The molecular formula is C21H28O3. The fourth-order valence-corrected chi connectivity index (χ4v) is 2.84. The molecule has 2 unspecified atom stereocenters. The van der Waals surface area contributed by atoms with E-state index in [1.807, 2.05) is 57.2 Å². The molecule has 0 heterocycles. The van der Waals surface area contributed by atoms with Gasteiger partial charge in [0.25, 0.3) is 0 Å². The van der Waals surface area contributed by atoms with Crippen molar-refractivity contribution in [2.75, 3.05) is 0 Å². The van der Waals surface area contributed by atoms with Gasteiger partial charge in [-0.3, -0.25) is 4.79 Å². The standard InChI is InChI=1S/C21H28O3/c1-15(20(23)24-21(2,3)4)10-8-9-13-17-14-18(17)19(22)16-11-6-5-7-12-16/h5-7,10-12,17-18H,8-9,13-14H2,1-4H3/b15-10+. The zero-order valence-electron chi connectivity index (χ0n) is 15.2. The SMILES string of the molecule is C/C(=C\CCCC1CC1C(=O)c1ccccc1)C(=O)OC(C)(C)C. The Kier molecular flexibility index (Phi) is 5.98. The second kappa shape index (κ2) is 7.78. The molecule has 0 N–H and O–H groups in total. The number of ketones is 1. The first-order valence-electron chi connectivity index (χ1n) is 8.77. The van der Waals surface area contributed by atoms with Crippen LogP contribution in [-0.4, -0.2) is 17.4 Å². The van der Waals surface area contributed by atoms with Crippen molar-refractivity contribution < 1.29 is 14.3 Å². The Morgan fingerprint density at radius 1 is 1.21 bits per heavy atom. The van der Waals surface area contributed by atoms with Gasteiger partial charge in [0.05, 0.1) is 0 Å². The lowest BCUT2D eigenvalue weighted by atomic mass is 10.0. The number of rotatable bonds is 7. The third kappa shape index (κ3) is 5.63. The number of esters is 1. The monoisotopic (exact) mass is 328 g/mol. The van der Waals surface area contributed by atoms with Crippen LogP contribution in [0.4, 0.5) is 0 Å². The first-order valence-corrected chi connectivity index (χ1v) is 8.77. The normalized spacial score (nSPS) is 20.6. The van der Waals surface area contributed by atoms with Gasteiger partial charge in [-0.2, -0.15) is 0 Å². The van der Waals surface area contributed by atoms with Crippen molar-refractivity contribution >= 4 is 11.8 Å². The van der Waals surface area contributed by atoms with Gasteiger partial charge in [0.15, 0.2) is 5.78 Å². The predicted molar refractivity (Wildman–Crippen MR) is 95.8 cm³/mol. The smallest absolute Gasteiger partial charge is 0.333 e. The highest BCUT2D eigenvalue weighted by atomic mass is 16.6. The van der Waals surface area contributed by atoms with Crippen LogP contribution in [0.25, 0.3) is 0 Å². The van der Waals surface area contributed by atoms with E-state index < -0.39 is 5.60 Å². The fourth-order valence-electron chi connectivity index (χ4n) is 2.84. The summed E-state index contributed by atoms with van der Waals surface area (Å²) in [6.07, 6.45) is 5.85. The van der Waals surface area contributed by atoms with Gasteiger partial charge in [-0.15, -0.1) is 0 Å². The minimum atomic E-state index is -0.453. The number of Topliss-reactive ketones (excluding diaryl/α,β-unsaturated/α-hetero) is 1. The molecule has 1 aromatic carbocycles. The lowest BCUT2D eigenvalue weighted by Crippen LogP contribution is -2.24. The maximum absolute atomic E-state index is 12.3. The minimum Gasteiger partial charge on any atom is -0.457 e. The maximum atomic E-state index is 12.3. The molecule has 0 aromatic heterocycles. The van der Waals surface area contributed by atoms with E-state index in [-0.39, 0.29) is 17.7 Å². The van der Waals surface area contributed by atoms with E-state index in [9.17, 15) is 9.59 Å². The molecule has 1 saturated carbocycles. The lowest BCUT2D eigenvalue weighted by molar-refractivity contribution is -0.149. The number of carbonyl (C=O) groups excluding carboxylic acids is 2. The number of hydrogen-bond donors (Lipinski definition) is 0. The first kappa shape index (κ1) is 18.4. The predicted octanol–water partition coefficient (Wildman–Crippen LogP) is 4.96. The molecule has 1 aliphatic carbocycles. The summed E-state index contributed by atoms with van der Waals surface area (Å²) >= 11 is 0. The highest BCUT2D eigenvalue weighted by Crippen LogP contribution is 2.44. The van der Waals surface area contributed by atoms with Crippen molar-refractivity contribution in [3.63, 3.8) is 0 Å². The molecule has 2 rings (SSSR count). The molecule has 0 aliphatic heterocycles. The maximum Gasteiger partial charge on any atom is 0.333 e. The summed E-state index contributed by atoms with van der Waals surface area (Å²) in [5.74, 6) is 0.739. The van der Waals surface area contributed by atoms with Crippen LogP contribution in [-0.2, 0) is 9.53 Å². The van der Waals surface area contributed by atoms with E-state index in [1.54, 1.807) is 6.92 Å². The Morgan fingerprint density at radius 3 is 2.50 bits per heavy atom. The summed E-state index contributed by atoms with van der Waals surface area (Å²) in [6.45, 7) is 7.41. The highest BCUT2D eigenvalue weighted by molar-refractivity contribution is 5.99. The Labute approximate surface area is 145 Å². The zero-order chi connectivity index (χ0) is 17.7. The number of carbonyl (C=O) groups is 2. The van der Waals surface area contributed by atoms with Crippen LogP contribution in [0.3, 0.4) is 0 Å². The Bertz CT molecular complexity index is 608. The number of allylic oxidation sites excluding steroid dienone is 1. The van der Waals surface area contributed by atoms with E-state index >= 15 is 0 Å². The Balaban J connectivity index is 1.70. The third-order valence-electron chi connectivity index (χ3n) is 4.27. The van der Waals surface area contributed by atoms with Gasteiger partial charge in [0, 0.05) is 17.1 Å². The molecule has 0 bridgehead atoms. The lowest BCUT2D eigenvalue weighted by Gasteiger charge is -2.19. The summed E-state index contributed by atoms with van der Waals surface area (Å²) < 4.78 is 5.34. The highest BCUT2D eigenvalue weighted by Gasteiger charge is 2.42. The quantitative estimate of drug-likeness (QED) is 0.307. The van der Waals surface area contributed by atoms with Crippen molar-refractivity contribution in [1.29, 1.82) is 0 Å². The molecule has 2 atom stereocenters. The van der Waals surface area contributed by atoms with Gasteiger partial charge in [0.1, 0.15) is 5.60 Å². The van der Waals surface area contributed by atoms with Crippen LogP contribution in [0.1, 0.15) is 63.7 Å². The summed E-state index contributed by atoms with van der Waals surface area (Å²) in [4.78, 5) is 24.2. The summed E-state index contributed by atoms with van der Waals surface area (Å²) in [5.41, 5.74) is 1.04. The topological polar surface area (TPSA) is 43.4 Å². The molecule has 3 heteroatoms. The van der Waals surface area contributed by atoms with Gasteiger partial charge >= 0.3 is 5.97 Å². The van der Waals surface area contributed by atoms with Crippen molar-refractivity contribution in [2.45, 2.75) is 59.0 Å².